The smallest absolute Gasteiger partial charge is 0.237 e. The predicted molar refractivity (Wildman–Crippen MR) is 92.2 cm³/mol. The zero-order chi connectivity index (χ0) is 16.7. The number of amides is 1. The molecule has 122 valence electrons. The zero-order valence-corrected chi connectivity index (χ0v) is 13.7. The van der Waals surface area contributed by atoms with Gasteiger partial charge in [-0.15, -0.1) is 6.58 Å². The van der Waals surface area contributed by atoms with Crippen LogP contribution in [0.5, 0.6) is 0 Å². The molecular formula is C18H24N4O. The molecule has 0 spiro atoms. The van der Waals surface area contributed by atoms with Crippen LogP contribution in [0, 0.1) is 11.3 Å². The molecule has 1 heterocycles. The topological polar surface area (TPSA) is 59.4 Å². The Morgan fingerprint density at radius 1 is 1.39 bits per heavy atom. The van der Waals surface area contributed by atoms with Crippen molar-refractivity contribution < 1.29 is 4.79 Å². The fraction of sp³-hybridized carbons (Fsp3) is 0.444. The third-order valence-electron chi connectivity index (χ3n) is 4.24. The third kappa shape index (κ3) is 4.33. The summed E-state index contributed by atoms with van der Waals surface area (Å²) in [5.41, 5.74) is 1.69. The van der Waals surface area contributed by atoms with Crippen molar-refractivity contribution in [3.05, 3.63) is 42.5 Å². The van der Waals surface area contributed by atoms with Crippen molar-refractivity contribution in [2.24, 2.45) is 0 Å². The fourth-order valence-corrected chi connectivity index (χ4v) is 2.90. The van der Waals surface area contributed by atoms with E-state index in [9.17, 15) is 10.1 Å². The third-order valence-corrected chi connectivity index (χ3v) is 4.24. The van der Waals surface area contributed by atoms with E-state index in [0.29, 0.717) is 12.1 Å². The Morgan fingerprint density at radius 3 is 2.91 bits per heavy atom. The highest BCUT2D eigenvalue weighted by molar-refractivity contribution is 5.81. The molecule has 2 rings (SSSR count). The van der Waals surface area contributed by atoms with E-state index in [-0.39, 0.29) is 11.9 Å². The minimum absolute atomic E-state index is 0.0378. The molecule has 23 heavy (non-hydrogen) atoms. The molecule has 0 bridgehead atoms. The molecule has 0 saturated carbocycles. The maximum Gasteiger partial charge on any atom is 0.237 e. The number of rotatable bonds is 5. The van der Waals surface area contributed by atoms with Gasteiger partial charge in [0.2, 0.25) is 5.91 Å². The zero-order valence-electron chi connectivity index (χ0n) is 13.7. The summed E-state index contributed by atoms with van der Waals surface area (Å²) >= 11 is 0. The number of hydrogen-bond donors (Lipinski definition) is 1. The van der Waals surface area contributed by atoms with Gasteiger partial charge in [-0.25, -0.2) is 0 Å². The Morgan fingerprint density at radius 2 is 2.17 bits per heavy atom. The van der Waals surface area contributed by atoms with Crippen LogP contribution in [0.15, 0.2) is 36.9 Å². The lowest BCUT2D eigenvalue weighted by Crippen LogP contribution is -2.46. The molecular weight excluding hydrogens is 288 g/mol. The average molecular weight is 312 g/mol. The van der Waals surface area contributed by atoms with Gasteiger partial charge in [0.1, 0.15) is 6.07 Å². The molecule has 1 aliphatic heterocycles. The number of nitrogens with zero attached hydrogens (tertiary/aromatic N) is 3. The van der Waals surface area contributed by atoms with E-state index in [1.807, 2.05) is 31.2 Å². The van der Waals surface area contributed by atoms with Crippen LogP contribution in [0.2, 0.25) is 0 Å². The number of carbonyl (C=O) groups is 1. The second-order valence-electron chi connectivity index (χ2n) is 5.72. The van der Waals surface area contributed by atoms with Crippen molar-refractivity contribution in [3.8, 4) is 6.07 Å². The van der Waals surface area contributed by atoms with E-state index >= 15 is 0 Å². The van der Waals surface area contributed by atoms with E-state index in [4.69, 9.17) is 0 Å². The van der Waals surface area contributed by atoms with Gasteiger partial charge in [0.25, 0.3) is 0 Å². The van der Waals surface area contributed by atoms with Gasteiger partial charge >= 0.3 is 0 Å². The van der Waals surface area contributed by atoms with Crippen LogP contribution in [0.25, 0.3) is 0 Å². The second-order valence-corrected chi connectivity index (χ2v) is 5.72. The number of para-hydroxylation sites is 1. The summed E-state index contributed by atoms with van der Waals surface area (Å²) in [7, 11) is 0. The Hall–Kier alpha value is -2.32. The van der Waals surface area contributed by atoms with Gasteiger partial charge in [-0.05, 0) is 25.5 Å². The number of nitrogens with one attached hydrogen (secondary N) is 1. The first-order valence-corrected chi connectivity index (χ1v) is 8.04. The molecule has 1 amide bonds. The van der Waals surface area contributed by atoms with Gasteiger partial charge in [0, 0.05) is 32.7 Å². The summed E-state index contributed by atoms with van der Waals surface area (Å²) in [6, 6.07) is 9.80. The SMILES string of the molecule is C=CCNC(=O)[C@@H](C)N1CCCN(c2ccccc2C#N)CC1. The van der Waals surface area contributed by atoms with Gasteiger partial charge < -0.3 is 10.2 Å². The van der Waals surface area contributed by atoms with Crippen LogP contribution >= 0.6 is 0 Å². The Labute approximate surface area is 138 Å². The quantitative estimate of drug-likeness (QED) is 0.842. The van der Waals surface area contributed by atoms with E-state index < -0.39 is 0 Å². The van der Waals surface area contributed by atoms with Gasteiger partial charge in [-0.2, -0.15) is 5.26 Å². The molecule has 1 aromatic carbocycles. The van der Waals surface area contributed by atoms with Gasteiger partial charge in [0.15, 0.2) is 0 Å². The molecule has 1 saturated heterocycles. The Bertz CT molecular complexity index is 593. The largest absolute Gasteiger partial charge is 0.369 e. The van der Waals surface area contributed by atoms with E-state index in [0.717, 1.165) is 38.3 Å². The maximum absolute atomic E-state index is 12.1. The first kappa shape index (κ1) is 17.0. The lowest BCUT2D eigenvalue weighted by molar-refractivity contribution is -0.125. The van der Waals surface area contributed by atoms with Crippen molar-refractivity contribution in [1.82, 2.24) is 10.2 Å². The molecule has 1 fully saturated rings. The number of benzene rings is 1. The van der Waals surface area contributed by atoms with Crippen LogP contribution in [0.4, 0.5) is 5.69 Å². The minimum atomic E-state index is -0.152. The fourth-order valence-electron chi connectivity index (χ4n) is 2.90. The summed E-state index contributed by atoms with van der Waals surface area (Å²) < 4.78 is 0. The molecule has 0 unspecified atom stereocenters. The highest BCUT2D eigenvalue weighted by atomic mass is 16.2. The average Bonchev–Trinajstić information content (AvgIpc) is 2.84. The molecule has 1 aromatic rings. The summed E-state index contributed by atoms with van der Waals surface area (Å²) in [5, 5.41) is 12.1. The van der Waals surface area contributed by atoms with Crippen LogP contribution in [0.1, 0.15) is 18.9 Å². The second kappa shape index (κ2) is 8.35. The Balaban J connectivity index is 2.01. The lowest BCUT2D eigenvalue weighted by Gasteiger charge is -2.27. The number of anilines is 1. The van der Waals surface area contributed by atoms with Crippen molar-refractivity contribution in [1.29, 1.82) is 5.26 Å². The lowest BCUT2D eigenvalue weighted by atomic mass is 10.1. The van der Waals surface area contributed by atoms with Crippen molar-refractivity contribution >= 4 is 11.6 Å². The van der Waals surface area contributed by atoms with Gasteiger partial charge in [-0.1, -0.05) is 18.2 Å². The first-order chi connectivity index (χ1) is 11.2. The maximum atomic E-state index is 12.1. The first-order valence-electron chi connectivity index (χ1n) is 8.04. The van der Waals surface area contributed by atoms with E-state index in [1.54, 1.807) is 6.08 Å². The molecule has 0 radical (unpaired) electrons. The van der Waals surface area contributed by atoms with E-state index in [1.165, 1.54) is 0 Å². The molecule has 1 aliphatic rings. The van der Waals surface area contributed by atoms with Crippen LogP contribution in [0.3, 0.4) is 0 Å². The van der Waals surface area contributed by atoms with Crippen LogP contribution < -0.4 is 10.2 Å². The molecule has 5 nitrogen and oxygen atoms in total. The number of carbonyl (C=O) groups excluding carboxylic acids is 1. The summed E-state index contributed by atoms with van der Waals surface area (Å²) in [6.45, 7) is 9.47. The minimum Gasteiger partial charge on any atom is -0.369 e. The summed E-state index contributed by atoms with van der Waals surface area (Å²) in [4.78, 5) is 16.6. The summed E-state index contributed by atoms with van der Waals surface area (Å²) in [6.07, 6.45) is 2.66. The highest BCUT2D eigenvalue weighted by Crippen LogP contribution is 2.21. The Kier molecular flexibility index (Phi) is 6.19. The normalized spacial score (nSPS) is 17.0. The standard InChI is InChI=1S/C18H24N4O/c1-3-9-20-18(23)15(2)21-10-6-11-22(13-12-21)17-8-5-4-7-16(17)14-19/h3-5,7-8,15H,1,6,9-13H2,2H3,(H,20,23)/t15-/m1/s1. The van der Waals surface area contributed by atoms with Gasteiger partial charge in [0.05, 0.1) is 17.3 Å². The molecule has 5 heteroatoms. The monoisotopic (exact) mass is 312 g/mol. The van der Waals surface area contributed by atoms with Crippen LogP contribution in [-0.4, -0.2) is 49.6 Å². The predicted octanol–water partition coefficient (Wildman–Crippen LogP) is 1.76. The molecule has 0 aromatic heterocycles. The van der Waals surface area contributed by atoms with Crippen molar-refractivity contribution in [2.45, 2.75) is 19.4 Å². The van der Waals surface area contributed by atoms with E-state index in [2.05, 4.69) is 27.8 Å². The van der Waals surface area contributed by atoms with Crippen LogP contribution in [-0.2, 0) is 4.79 Å². The molecule has 1 N–H and O–H groups in total. The molecule has 1 atom stereocenters. The van der Waals surface area contributed by atoms with Crippen molar-refractivity contribution in [3.63, 3.8) is 0 Å². The summed E-state index contributed by atoms with van der Waals surface area (Å²) in [5.74, 6) is 0.0378. The highest BCUT2D eigenvalue weighted by Gasteiger charge is 2.24. The molecule has 0 aliphatic carbocycles. The van der Waals surface area contributed by atoms with Crippen molar-refractivity contribution in [2.75, 3.05) is 37.6 Å². The number of hydrogen-bond acceptors (Lipinski definition) is 4. The number of nitriles is 1. The van der Waals surface area contributed by atoms with Gasteiger partial charge in [-0.3, -0.25) is 9.69 Å².